The van der Waals surface area contributed by atoms with E-state index in [4.69, 9.17) is 11.1 Å². The second-order valence-corrected chi connectivity index (χ2v) is 4.66. The number of aromatic nitrogens is 1. The lowest BCUT2D eigenvalue weighted by molar-refractivity contribution is 0.625. The smallest absolute Gasteiger partial charge is 0.141 e. The van der Waals surface area contributed by atoms with Crippen molar-refractivity contribution in [2.24, 2.45) is 11.7 Å². The van der Waals surface area contributed by atoms with Crippen LogP contribution in [0.5, 0.6) is 0 Å². The Morgan fingerprint density at radius 2 is 2.31 bits per heavy atom. The Labute approximate surface area is 96.0 Å². The molecule has 1 fully saturated rings. The van der Waals surface area contributed by atoms with Crippen LogP contribution in [0.4, 0.5) is 5.69 Å². The lowest BCUT2D eigenvalue weighted by Crippen LogP contribution is -2.27. The maximum Gasteiger partial charge on any atom is 0.141 e. The maximum absolute atomic E-state index is 7.39. The summed E-state index contributed by atoms with van der Waals surface area (Å²) in [5.74, 6) is 0.755. The van der Waals surface area contributed by atoms with E-state index in [9.17, 15) is 0 Å². The molecule has 16 heavy (non-hydrogen) atoms. The molecule has 0 radical (unpaired) electrons. The van der Waals surface area contributed by atoms with Crippen molar-refractivity contribution in [1.82, 2.24) is 4.98 Å². The number of anilines is 1. The molecular formula is C12H18N4. The quantitative estimate of drug-likeness (QED) is 0.585. The van der Waals surface area contributed by atoms with Crippen molar-refractivity contribution in [3.8, 4) is 0 Å². The maximum atomic E-state index is 7.39. The zero-order valence-electron chi connectivity index (χ0n) is 9.77. The van der Waals surface area contributed by atoms with Crippen LogP contribution in [0.3, 0.4) is 0 Å². The molecule has 4 heteroatoms. The summed E-state index contributed by atoms with van der Waals surface area (Å²) in [5, 5.41) is 7.39. The molecule has 1 aliphatic heterocycles. The Kier molecular flexibility index (Phi) is 2.81. The van der Waals surface area contributed by atoms with E-state index in [0.29, 0.717) is 11.7 Å². The van der Waals surface area contributed by atoms with Gasteiger partial charge in [0, 0.05) is 24.5 Å². The van der Waals surface area contributed by atoms with Crippen molar-refractivity contribution >= 4 is 11.5 Å². The number of nitrogens with two attached hydrogens (primary N) is 1. The Morgan fingerprint density at radius 3 is 2.88 bits per heavy atom. The minimum atomic E-state index is 0.0294. The van der Waals surface area contributed by atoms with E-state index < -0.39 is 0 Å². The monoisotopic (exact) mass is 218 g/mol. The molecule has 1 aromatic rings. The van der Waals surface area contributed by atoms with Crippen LogP contribution in [0.2, 0.25) is 0 Å². The van der Waals surface area contributed by atoms with Crippen LogP contribution in [-0.4, -0.2) is 23.4 Å². The van der Waals surface area contributed by atoms with Crippen LogP contribution < -0.4 is 10.6 Å². The standard InChI is InChI=1S/C12H18N4/c1-8-5-9(2)16(7-8)10-3-4-15-11(6-10)12(13)14/h3-4,6,8-9H,5,7H2,1-2H3,(H3,13,14). The Morgan fingerprint density at radius 1 is 1.56 bits per heavy atom. The highest BCUT2D eigenvalue weighted by Crippen LogP contribution is 2.28. The molecule has 0 bridgehead atoms. The van der Waals surface area contributed by atoms with Crippen LogP contribution in [0.25, 0.3) is 0 Å². The van der Waals surface area contributed by atoms with Crippen LogP contribution in [0.15, 0.2) is 18.3 Å². The third-order valence-corrected chi connectivity index (χ3v) is 3.14. The zero-order valence-corrected chi connectivity index (χ0v) is 9.77. The van der Waals surface area contributed by atoms with Gasteiger partial charge in [0.2, 0.25) is 0 Å². The summed E-state index contributed by atoms with van der Waals surface area (Å²) in [6.45, 7) is 5.57. The lowest BCUT2D eigenvalue weighted by atomic mass is 10.1. The molecule has 0 amide bonds. The number of hydrogen-bond acceptors (Lipinski definition) is 3. The topological polar surface area (TPSA) is 66.0 Å². The minimum Gasteiger partial charge on any atom is -0.382 e. The third kappa shape index (κ3) is 2.01. The molecule has 0 aromatic carbocycles. The number of amidine groups is 1. The summed E-state index contributed by atoms with van der Waals surface area (Å²) in [6.07, 6.45) is 2.94. The van der Waals surface area contributed by atoms with Gasteiger partial charge >= 0.3 is 0 Å². The zero-order chi connectivity index (χ0) is 11.7. The molecule has 1 aliphatic rings. The van der Waals surface area contributed by atoms with Crippen molar-refractivity contribution in [3.05, 3.63) is 24.0 Å². The van der Waals surface area contributed by atoms with E-state index in [1.54, 1.807) is 6.20 Å². The fourth-order valence-electron chi connectivity index (χ4n) is 2.41. The Bertz CT molecular complexity index is 402. The van der Waals surface area contributed by atoms with E-state index in [2.05, 4.69) is 23.7 Å². The number of nitrogens with zero attached hydrogens (tertiary/aromatic N) is 2. The van der Waals surface area contributed by atoms with Gasteiger partial charge in [0.05, 0.1) is 0 Å². The summed E-state index contributed by atoms with van der Waals surface area (Å²) in [4.78, 5) is 6.44. The van der Waals surface area contributed by atoms with E-state index in [0.717, 1.165) is 18.2 Å². The average molecular weight is 218 g/mol. The van der Waals surface area contributed by atoms with E-state index in [1.807, 2.05) is 12.1 Å². The summed E-state index contributed by atoms with van der Waals surface area (Å²) in [5.41, 5.74) is 7.13. The summed E-state index contributed by atoms with van der Waals surface area (Å²) < 4.78 is 0. The first-order valence-electron chi connectivity index (χ1n) is 5.65. The van der Waals surface area contributed by atoms with Crippen LogP contribution in [0.1, 0.15) is 26.0 Å². The lowest BCUT2D eigenvalue weighted by Gasteiger charge is -2.24. The van der Waals surface area contributed by atoms with Gasteiger partial charge in [-0.25, -0.2) is 0 Å². The van der Waals surface area contributed by atoms with Crippen molar-refractivity contribution in [2.75, 3.05) is 11.4 Å². The normalized spacial score (nSPS) is 24.8. The Hall–Kier alpha value is -1.58. The number of nitrogens with one attached hydrogen (secondary N) is 1. The predicted molar refractivity (Wildman–Crippen MR) is 65.8 cm³/mol. The van der Waals surface area contributed by atoms with E-state index in [1.165, 1.54) is 6.42 Å². The fraction of sp³-hybridized carbons (Fsp3) is 0.500. The van der Waals surface area contributed by atoms with Crippen LogP contribution in [-0.2, 0) is 0 Å². The molecule has 1 saturated heterocycles. The van der Waals surface area contributed by atoms with Crippen molar-refractivity contribution in [1.29, 1.82) is 5.41 Å². The first kappa shape index (κ1) is 10.9. The van der Waals surface area contributed by atoms with Gasteiger partial charge in [-0.05, 0) is 31.4 Å². The van der Waals surface area contributed by atoms with Gasteiger partial charge in [0.15, 0.2) is 0 Å². The predicted octanol–water partition coefficient (Wildman–Crippen LogP) is 1.60. The second kappa shape index (κ2) is 4.12. The number of hydrogen-bond donors (Lipinski definition) is 2. The van der Waals surface area contributed by atoms with Crippen LogP contribution >= 0.6 is 0 Å². The molecule has 0 aliphatic carbocycles. The molecular weight excluding hydrogens is 200 g/mol. The van der Waals surface area contributed by atoms with Gasteiger partial charge in [-0.3, -0.25) is 10.4 Å². The molecule has 2 unspecified atom stereocenters. The molecule has 3 N–H and O–H groups in total. The highest BCUT2D eigenvalue weighted by Gasteiger charge is 2.26. The molecule has 86 valence electrons. The van der Waals surface area contributed by atoms with Gasteiger partial charge in [-0.2, -0.15) is 0 Å². The fourth-order valence-corrected chi connectivity index (χ4v) is 2.41. The molecule has 2 atom stereocenters. The Balaban J connectivity index is 2.27. The summed E-state index contributed by atoms with van der Waals surface area (Å²) in [6, 6.07) is 4.44. The largest absolute Gasteiger partial charge is 0.382 e. The van der Waals surface area contributed by atoms with Crippen molar-refractivity contribution < 1.29 is 0 Å². The molecule has 4 nitrogen and oxygen atoms in total. The van der Waals surface area contributed by atoms with Crippen LogP contribution in [0, 0.1) is 11.3 Å². The summed E-state index contributed by atoms with van der Waals surface area (Å²) in [7, 11) is 0. The van der Waals surface area contributed by atoms with Gasteiger partial charge in [-0.15, -0.1) is 0 Å². The van der Waals surface area contributed by atoms with E-state index >= 15 is 0 Å². The second-order valence-electron chi connectivity index (χ2n) is 4.66. The first-order chi connectivity index (χ1) is 7.58. The molecule has 2 heterocycles. The average Bonchev–Trinajstić information content (AvgIpc) is 2.58. The van der Waals surface area contributed by atoms with Gasteiger partial charge in [0.1, 0.15) is 11.5 Å². The van der Waals surface area contributed by atoms with E-state index in [-0.39, 0.29) is 5.84 Å². The van der Waals surface area contributed by atoms with Crippen molar-refractivity contribution in [2.45, 2.75) is 26.3 Å². The number of nitrogen functional groups attached to an aromatic ring is 1. The SMILES string of the molecule is CC1CC(C)N(c2ccnc(C(=N)N)c2)C1. The van der Waals surface area contributed by atoms with Gasteiger partial charge < -0.3 is 10.6 Å². The number of rotatable bonds is 2. The highest BCUT2D eigenvalue weighted by molar-refractivity contribution is 5.93. The first-order valence-corrected chi connectivity index (χ1v) is 5.65. The summed E-state index contributed by atoms with van der Waals surface area (Å²) >= 11 is 0. The molecule has 0 saturated carbocycles. The van der Waals surface area contributed by atoms with Crippen molar-refractivity contribution in [3.63, 3.8) is 0 Å². The molecule has 1 aromatic heterocycles. The molecule has 2 rings (SSSR count). The third-order valence-electron chi connectivity index (χ3n) is 3.14. The van der Waals surface area contributed by atoms with Gasteiger partial charge in [-0.1, -0.05) is 6.92 Å². The molecule has 0 spiro atoms. The highest BCUT2D eigenvalue weighted by atomic mass is 15.2. The minimum absolute atomic E-state index is 0.0294. The van der Waals surface area contributed by atoms with Gasteiger partial charge in [0.25, 0.3) is 0 Å². The number of pyridine rings is 1.